The molecule has 2 aromatic rings. The quantitative estimate of drug-likeness (QED) is 0.260. The van der Waals surface area contributed by atoms with Crippen LogP contribution < -0.4 is 0 Å². The van der Waals surface area contributed by atoms with Gasteiger partial charge < -0.3 is 9.90 Å². The number of benzene rings is 1. The standard InChI is InChI=1S/C33H39FN2O6S/c1-5-43-33(12-13-37)16-25-24-11-6-21-14-26-20(18-35-36(26)23-9-7-22(34)8-10-23)15-31(21,3)28(24)27(39)17-32(25,4)29(33)30(40)42-41-19(2)38/h7-10,13-14,18,24-25,27-29,39H,5-6,11-12,15-17H2,1-4H3/t24-,25-,27-,28+,29-,31?,32-,33?/m0/s1. The van der Waals surface area contributed by atoms with E-state index < -0.39 is 34.1 Å². The van der Waals surface area contributed by atoms with E-state index in [0.717, 1.165) is 42.5 Å². The second kappa shape index (κ2) is 10.9. The van der Waals surface area contributed by atoms with Gasteiger partial charge in [0.2, 0.25) is 0 Å². The molecule has 230 valence electrons. The Balaban J connectivity index is 1.37. The van der Waals surface area contributed by atoms with Crippen LogP contribution >= 0.6 is 11.8 Å². The van der Waals surface area contributed by atoms with Crippen LogP contribution in [0.25, 0.3) is 11.8 Å². The molecule has 0 bridgehead atoms. The smallest absolute Gasteiger partial charge is 0.360 e. The summed E-state index contributed by atoms with van der Waals surface area (Å²) in [4.78, 5) is 47.0. The molecule has 3 fully saturated rings. The molecule has 0 radical (unpaired) electrons. The van der Waals surface area contributed by atoms with Gasteiger partial charge in [-0.1, -0.05) is 26.3 Å². The Morgan fingerprint density at radius 2 is 1.95 bits per heavy atom. The predicted molar refractivity (Wildman–Crippen MR) is 159 cm³/mol. The second-order valence-electron chi connectivity index (χ2n) is 13.3. The lowest BCUT2D eigenvalue weighted by Gasteiger charge is -2.59. The van der Waals surface area contributed by atoms with Crippen molar-refractivity contribution in [1.82, 2.24) is 9.78 Å². The van der Waals surface area contributed by atoms with Crippen molar-refractivity contribution in [1.29, 1.82) is 0 Å². The Hall–Kier alpha value is -2.98. The molecular weight excluding hydrogens is 571 g/mol. The van der Waals surface area contributed by atoms with E-state index in [4.69, 9.17) is 9.78 Å². The number of fused-ring (bicyclic) bond motifs is 6. The van der Waals surface area contributed by atoms with Gasteiger partial charge in [-0.05, 0) is 102 Å². The monoisotopic (exact) mass is 610 g/mol. The van der Waals surface area contributed by atoms with Crippen molar-refractivity contribution in [3.8, 4) is 5.69 Å². The number of rotatable bonds is 6. The van der Waals surface area contributed by atoms with Crippen LogP contribution in [-0.2, 0) is 30.6 Å². The van der Waals surface area contributed by atoms with Crippen LogP contribution in [0.5, 0.6) is 0 Å². The maximum atomic E-state index is 13.7. The van der Waals surface area contributed by atoms with Crippen molar-refractivity contribution >= 4 is 36.1 Å². The highest BCUT2D eigenvalue weighted by molar-refractivity contribution is 8.00. The summed E-state index contributed by atoms with van der Waals surface area (Å²) >= 11 is 1.60. The maximum absolute atomic E-state index is 13.7. The molecule has 0 saturated heterocycles. The predicted octanol–water partition coefficient (Wildman–Crippen LogP) is 5.49. The molecule has 2 unspecified atom stereocenters. The van der Waals surface area contributed by atoms with Crippen molar-refractivity contribution in [3.63, 3.8) is 0 Å². The first-order valence-electron chi connectivity index (χ1n) is 15.2. The average molecular weight is 611 g/mol. The summed E-state index contributed by atoms with van der Waals surface area (Å²) in [7, 11) is 0. The zero-order chi connectivity index (χ0) is 30.7. The fourth-order valence-corrected chi connectivity index (χ4v) is 11.2. The van der Waals surface area contributed by atoms with E-state index in [0.29, 0.717) is 18.6 Å². The van der Waals surface area contributed by atoms with Gasteiger partial charge in [-0.2, -0.15) is 16.9 Å². The number of thioether (sulfide) groups is 1. The number of halogens is 1. The normalized spacial score (nSPS) is 36.0. The summed E-state index contributed by atoms with van der Waals surface area (Å²) in [6, 6.07) is 6.31. The van der Waals surface area contributed by atoms with Gasteiger partial charge >= 0.3 is 11.9 Å². The molecule has 43 heavy (non-hydrogen) atoms. The highest BCUT2D eigenvalue weighted by atomic mass is 32.2. The molecule has 4 aliphatic carbocycles. The highest BCUT2D eigenvalue weighted by Crippen LogP contribution is 2.71. The average Bonchev–Trinajstić information content (AvgIpc) is 3.45. The van der Waals surface area contributed by atoms with Gasteiger partial charge in [-0.3, -0.25) is 0 Å². The van der Waals surface area contributed by atoms with Crippen LogP contribution in [0.3, 0.4) is 0 Å². The first-order valence-corrected chi connectivity index (χ1v) is 16.1. The van der Waals surface area contributed by atoms with E-state index in [1.807, 2.05) is 17.8 Å². The number of hydrogen-bond acceptors (Lipinski definition) is 8. The van der Waals surface area contributed by atoms with Gasteiger partial charge in [0.25, 0.3) is 0 Å². The van der Waals surface area contributed by atoms with Gasteiger partial charge in [0.05, 0.1) is 29.6 Å². The van der Waals surface area contributed by atoms with E-state index in [1.165, 1.54) is 24.6 Å². The van der Waals surface area contributed by atoms with Crippen LogP contribution in [0.4, 0.5) is 4.39 Å². The van der Waals surface area contributed by atoms with Crippen molar-refractivity contribution < 1.29 is 33.7 Å². The largest absolute Gasteiger partial charge is 0.393 e. The zero-order valence-corrected chi connectivity index (χ0v) is 25.9. The molecule has 4 aliphatic rings. The third-order valence-corrected chi connectivity index (χ3v) is 12.5. The maximum Gasteiger partial charge on any atom is 0.360 e. The third-order valence-electron chi connectivity index (χ3n) is 11.0. The fraction of sp³-hybridized carbons (Fsp3) is 0.576. The summed E-state index contributed by atoms with van der Waals surface area (Å²) in [5.41, 5.74) is 3.19. The van der Waals surface area contributed by atoms with Crippen LogP contribution in [0.2, 0.25) is 0 Å². The number of aliphatic hydroxyl groups excluding tert-OH is 1. The summed E-state index contributed by atoms with van der Waals surface area (Å²) < 4.78 is 14.7. The molecule has 8 nitrogen and oxygen atoms in total. The molecule has 3 saturated carbocycles. The van der Waals surface area contributed by atoms with Gasteiger partial charge in [-0.15, -0.1) is 0 Å². The lowest BCUT2D eigenvalue weighted by atomic mass is 9.46. The molecule has 6 rings (SSSR count). The fourth-order valence-electron chi connectivity index (χ4n) is 9.62. The molecule has 1 heterocycles. The topological polar surface area (TPSA) is 108 Å². The van der Waals surface area contributed by atoms with E-state index in [-0.39, 0.29) is 35.4 Å². The van der Waals surface area contributed by atoms with E-state index in [9.17, 15) is 23.9 Å². The molecule has 0 spiro atoms. The van der Waals surface area contributed by atoms with Crippen molar-refractivity contribution in [3.05, 3.63) is 53.1 Å². The second-order valence-corrected chi connectivity index (χ2v) is 15.0. The Morgan fingerprint density at radius 1 is 1.21 bits per heavy atom. The van der Waals surface area contributed by atoms with Crippen molar-refractivity contribution in [2.45, 2.75) is 77.1 Å². The van der Waals surface area contributed by atoms with Crippen molar-refractivity contribution in [2.75, 3.05) is 5.75 Å². The summed E-state index contributed by atoms with van der Waals surface area (Å²) in [5.74, 6) is -1.53. The molecule has 0 aliphatic heterocycles. The minimum atomic E-state index is -0.722. The molecular formula is C33H39FN2O6S. The van der Waals surface area contributed by atoms with E-state index in [1.54, 1.807) is 23.9 Å². The highest BCUT2D eigenvalue weighted by Gasteiger charge is 2.70. The van der Waals surface area contributed by atoms with Crippen LogP contribution in [0.15, 0.2) is 36.0 Å². The number of carbonyl (C=O) groups is 3. The van der Waals surface area contributed by atoms with Crippen LogP contribution in [0.1, 0.15) is 71.1 Å². The molecule has 0 amide bonds. The van der Waals surface area contributed by atoms with Crippen LogP contribution in [0, 0.1) is 40.3 Å². The Kier molecular flexibility index (Phi) is 7.60. The lowest BCUT2D eigenvalue weighted by Crippen LogP contribution is -2.57. The number of carbonyl (C=O) groups excluding carboxylic acids is 3. The van der Waals surface area contributed by atoms with Gasteiger partial charge in [0, 0.05) is 18.1 Å². The lowest BCUT2D eigenvalue weighted by molar-refractivity contribution is -0.264. The van der Waals surface area contributed by atoms with Gasteiger partial charge in [-0.25, -0.2) is 28.4 Å². The minimum absolute atomic E-state index is 0.0447. The van der Waals surface area contributed by atoms with Crippen molar-refractivity contribution in [2.24, 2.45) is 34.5 Å². The van der Waals surface area contributed by atoms with Gasteiger partial charge in [0.1, 0.15) is 12.1 Å². The Labute approximate surface area is 255 Å². The first-order chi connectivity index (χ1) is 20.5. The summed E-state index contributed by atoms with van der Waals surface area (Å²) in [5, 5.41) is 16.7. The number of aldehydes is 1. The molecule has 8 atom stereocenters. The SMILES string of the molecule is CCSC1(CC=O)C[C@H]2[C@@H]3CCC4=Cc5c(cnn5-c5ccc(F)cc5)CC4(C)[C@H]3[C@@H](O)C[C@]2(C)[C@@H]1C(=O)OOC(C)=O. The summed E-state index contributed by atoms with van der Waals surface area (Å²) in [6.07, 6.45) is 7.92. The number of aliphatic hydroxyl groups is 1. The van der Waals surface area contributed by atoms with E-state index >= 15 is 0 Å². The zero-order valence-electron chi connectivity index (χ0n) is 25.0. The molecule has 1 aromatic carbocycles. The summed E-state index contributed by atoms with van der Waals surface area (Å²) in [6.45, 7) is 7.49. The Morgan fingerprint density at radius 3 is 2.63 bits per heavy atom. The van der Waals surface area contributed by atoms with E-state index in [2.05, 4.69) is 25.0 Å². The Bertz CT molecular complexity index is 1470. The number of allylic oxidation sites excluding steroid dienone is 1. The number of aromatic nitrogens is 2. The van der Waals surface area contributed by atoms with Crippen LogP contribution in [-0.4, -0.2) is 49.7 Å². The minimum Gasteiger partial charge on any atom is -0.393 e. The third kappa shape index (κ3) is 4.67. The van der Waals surface area contributed by atoms with Gasteiger partial charge in [0.15, 0.2) is 0 Å². The molecule has 10 heteroatoms. The number of nitrogens with zero attached hydrogens (tertiary/aromatic N) is 2. The number of hydrogen-bond donors (Lipinski definition) is 1. The molecule has 1 aromatic heterocycles. The molecule has 1 N–H and O–H groups in total. The first kappa shape index (κ1) is 30.1.